The Labute approximate surface area is 65.8 Å². The third kappa shape index (κ3) is 8.51. The van der Waals surface area contributed by atoms with Gasteiger partial charge in [-0.25, -0.2) is 0 Å². The van der Waals surface area contributed by atoms with Crippen molar-refractivity contribution in [1.82, 2.24) is 0 Å². The molecule has 0 aromatic rings. The maximum atomic E-state index is 5.53. The molecule has 0 heterocycles. The molecule has 0 spiro atoms. The van der Waals surface area contributed by atoms with E-state index >= 15 is 0 Å². The zero-order chi connectivity index (χ0) is 6.95. The molecule has 0 radical (unpaired) electrons. The van der Waals surface area contributed by atoms with Crippen LogP contribution in [0.4, 0.5) is 0 Å². The van der Waals surface area contributed by atoms with E-state index in [1.54, 1.807) is 0 Å². The molecule has 0 amide bonds. The molecule has 0 aliphatic carbocycles. The molecular formula is C7H17ClSi. The molecule has 0 saturated carbocycles. The van der Waals surface area contributed by atoms with E-state index in [0.717, 1.165) is 5.88 Å². The fraction of sp³-hybridized carbons (Fsp3) is 1.00. The first-order valence-corrected chi connectivity index (χ1v) is 6.51. The van der Waals surface area contributed by atoms with E-state index < -0.39 is 0 Å². The number of rotatable bonds is 6. The molecule has 56 valence electrons. The fourth-order valence-corrected chi connectivity index (χ4v) is 2.62. The van der Waals surface area contributed by atoms with Gasteiger partial charge in [0, 0.05) is 15.4 Å². The van der Waals surface area contributed by atoms with Crippen molar-refractivity contribution in [2.75, 3.05) is 5.88 Å². The topological polar surface area (TPSA) is 0 Å². The second-order valence-corrected chi connectivity index (χ2v) is 4.96. The molecule has 0 unspecified atom stereocenters. The largest absolute Gasteiger partial charge is 0.127 e. The first-order valence-electron chi connectivity index (χ1n) is 3.97. The summed E-state index contributed by atoms with van der Waals surface area (Å²) in [5.41, 5.74) is 0. The first-order chi connectivity index (χ1) is 4.41. The summed E-state index contributed by atoms with van der Waals surface area (Å²) < 4.78 is 0. The lowest BCUT2D eigenvalue weighted by Gasteiger charge is -1.94. The van der Waals surface area contributed by atoms with Crippen molar-refractivity contribution in [1.29, 1.82) is 0 Å². The summed E-state index contributed by atoms with van der Waals surface area (Å²) in [6.45, 7) is 2.27. The second-order valence-electron chi connectivity index (χ2n) is 2.46. The Hall–Kier alpha value is 0.507. The van der Waals surface area contributed by atoms with Crippen LogP contribution in [0.2, 0.25) is 12.1 Å². The maximum Gasteiger partial charge on any atom is 0.0223 e. The minimum atomic E-state index is 0.332. The molecule has 0 bridgehead atoms. The normalized spacial score (nSPS) is 11.3. The average Bonchev–Trinajstić information content (AvgIpc) is 1.89. The third-order valence-corrected chi connectivity index (χ3v) is 3.96. The third-order valence-electron chi connectivity index (χ3n) is 1.49. The Balaban J connectivity index is 2.60. The van der Waals surface area contributed by atoms with E-state index in [2.05, 4.69) is 6.92 Å². The Morgan fingerprint density at radius 1 is 1.22 bits per heavy atom. The van der Waals surface area contributed by atoms with Crippen molar-refractivity contribution in [2.45, 2.75) is 38.3 Å². The van der Waals surface area contributed by atoms with E-state index in [1.807, 2.05) is 0 Å². The SMILES string of the molecule is CCC[SiH2]CCCCCl. The lowest BCUT2D eigenvalue weighted by molar-refractivity contribution is 0.880. The van der Waals surface area contributed by atoms with Crippen molar-refractivity contribution in [3.63, 3.8) is 0 Å². The fourth-order valence-electron chi connectivity index (χ4n) is 0.875. The van der Waals surface area contributed by atoms with Gasteiger partial charge in [-0.15, -0.1) is 11.6 Å². The highest BCUT2D eigenvalue weighted by Gasteiger charge is 1.87. The van der Waals surface area contributed by atoms with Crippen LogP contribution >= 0.6 is 11.6 Å². The smallest absolute Gasteiger partial charge is 0.0223 e. The van der Waals surface area contributed by atoms with Crippen LogP contribution in [0.5, 0.6) is 0 Å². The summed E-state index contributed by atoms with van der Waals surface area (Å²) in [7, 11) is 0.332. The van der Waals surface area contributed by atoms with Gasteiger partial charge in [-0.3, -0.25) is 0 Å². The van der Waals surface area contributed by atoms with Gasteiger partial charge in [0.15, 0.2) is 0 Å². The van der Waals surface area contributed by atoms with Gasteiger partial charge in [0.25, 0.3) is 0 Å². The molecule has 0 nitrogen and oxygen atoms in total. The van der Waals surface area contributed by atoms with Crippen LogP contribution in [0.3, 0.4) is 0 Å². The van der Waals surface area contributed by atoms with Crippen LogP contribution in [0.1, 0.15) is 26.2 Å². The second kappa shape index (κ2) is 8.51. The Morgan fingerprint density at radius 2 is 2.00 bits per heavy atom. The lowest BCUT2D eigenvalue weighted by Crippen LogP contribution is -1.87. The predicted octanol–water partition coefficient (Wildman–Crippen LogP) is 2.42. The average molecular weight is 165 g/mol. The predicted molar refractivity (Wildman–Crippen MR) is 48.4 cm³/mol. The Bertz CT molecular complexity index is 42.2. The standard InChI is InChI=1S/C7H17ClSi/c1-2-6-9-7-4-3-5-8/h2-7,9H2,1H3. The van der Waals surface area contributed by atoms with Crippen LogP contribution in [-0.4, -0.2) is 15.4 Å². The number of halogens is 1. The van der Waals surface area contributed by atoms with Crippen molar-refractivity contribution in [3.05, 3.63) is 0 Å². The molecule has 0 saturated heterocycles. The molecule has 0 aliphatic rings. The summed E-state index contributed by atoms with van der Waals surface area (Å²) in [6, 6.07) is 3.04. The van der Waals surface area contributed by atoms with Crippen LogP contribution in [0, 0.1) is 0 Å². The molecule has 9 heavy (non-hydrogen) atoms. The van der Waals surface area contributed by atoms with Gasteiger partial charge in [0.1, 0.15) is 0 Å². The Morgan fingerprint density at radius 3 is 2.56 bits per heavy atom. The van der Waals surface area contributed by atoms with E-state index in [-0.39, 0.29) is 0 Å². The number of unbranched alkanes of at least 4 members (excludes halogenated alkanes) is 1. The molecule has 0 aromatic heterocycles. The van der Waals surface area contributed by atoms with Gasteiger partial charge in [-0.05, 0) is 6.42 Å². The maximum absolute atomic E-state index is 5.53. The van der Waals surface area contributed by atoms with Crippen LogP contribution in [-0.2, 0) is 0 Å². The number of hydrogen-bond donors (Lipinski definition) is 0. The van der Waals surface area contributed by atoms with Gasteiger partial charge in [0.05, 0.1) is 0 Å². The highest BCUT2D eigenvalue weighted by Crippen LogP contribution is 1.99. The minimum absolute atomic E-state index is 0.332. The molecule has 0 N–H and O–H groups in total. The van der Waals surface area contributed by atoms with Crippen molar-refractivity contribution < 1.29 is 0 Å². The number of hydrogen-bond acceptors (Lipinski definition) is 0. The van der Waals surface area contributed by atoms with E-state index in [1.165, 1.54) is 31.4 Å². The summed E-state index contributed by atoms with van der Waals surface area (Å²) in [5.74, 6) is 0.862. The first kappa shape index (κ1) is 9.51. The monoisotopic (exact) mass is 164 g/mol. The Kier molecular flexibility index (Phi) is 8.99. The zero-order valence-corrected chi connectivity index (χ0v) is 8.50. The van der Waals surface area contributed by atoms with Gasteiger partial charge in [0.2, 0.25) is 0 Å². The summed E-state index contributed by atoms with van der Waals surface area (Å²) in [6.07, 6.45) is 4.01. The highest BCUT2D eigenvalue weighted by atomic mass is 35.5. The van der Waals surface area contributed by atoms with Gasteiger partial charge in [-0.1, -0.05) is 31.9 Å². The summed E-state index contributed by atoms with van der Waals surface area (Å²) in [4.78, 5) is 0. The minimum Gasteiger partial charge on any atom is -0.127 e. The van der Waals surface area contributed by atoms with Gasteiger partial charge < -0.3 is 0 Å². The molecule has 0 aliphatic heterocycles. The van der Waals surface area contributed by atoms with E-state index in [0.29, 0.717) is 9.52 Å². The summed E-state index contributed by atoms with van der Waals surface area (Å²) >= 11 is 5.53. The van der Waals surface area contributed by atoms with Crippen molar-refractivity contribution >= 4 is 21.1 Å². The lowest BCUT2D eigenvalue weighted by atomic mass is 10.4. The van der Waals surface area contributed by atoms with Crippen LogP contribution < -0.4 is 0 Å². The van der Waals surface area contributed by atoms with Crippen molar-refractivity contribution in [3.8, 4) is 0 Å². The van der Waals surface area contributed by atoms with E-state index in [9.17, 15) is 0 Å². The molecule has 0 rings (SSSR count). The van der Waals surface area contributed by atoms with Crippen LogP contribution in [0.15, 0.2) is 0 Å². The van der Waals surface area contributed by atoms with Crippen LogP contribution in [0.25, 0.3) is 0 Å². The quantitative estimate of drug-likeness (QED) is 0.322. The summed E-state index contributed by atoms with van der Waals surface area (Å²) in [5, 5.41) is 0. The van der Waals surface area contributed by atoms with Gasteiger partial charge >= 0.3 is 0 Å². The van der Waals surface area contributed by atoms with E-state index in [4.69, 9.17) is 11.6 Å². The van der Waals surface area contributed by atoms with Gasteiger partial charge in [-0.2, -0.15) is 0 Å². The molecule has 2 heteroatoms. The molecule has 0 atom stereocenters. The highest BCUT2D eigenvalue weighted by molar-refractivity contribution is 6.35. The molecule has 0 fully saturated rings. The number of alkyl halides is 1. The molecular weight excluding hydrogens is 148 g/mol. The molecule has 0 aromatic carbocycles. The zero-order valence-electron chi connectivity index (χ0n) is 6.33. The van der Waals surface area contributed by atoms with Crippen molar-refractivity contribution in [2.24, 2.45) is 0 Å².